The Hall–Kier alpha value is -0.900. The van der Waals surface area contributed by atoms with Gasteiger partial charge in [0.15, 0.2) is 0 Å². The number of nitrogens with two attached hydrogens (primary N) is 1. The van der Waals surface area contributed by atoms with E-state index in [1.54, 1.807) is 17.1 Å². The number of hydrogen-bond acceptors (Lipinski definition) is 2. The number of aromatic nitrogens is 2. The van der Waals surface area contributed by atoms with Gasteiger partial charge in [0.1, 0.15) is 5.67 Å². The van der Waals surface area contributed by atoms with Crippen LogP contribution in [0.3, 0.4) is 0 Å². The van der Waals surface area contributed by atoms with E-state index >= 15 is 0 Å². The molecule has 0 radical (unpaired) electrons. The summed E-state index contributed by atoms with van der Waals surface area (Å²) in [5.74, 6) is 0. The zero-order valence-electron chi connectivity index (χ0n) is 7.42. The molecule has 0 amide bonds. The van der Waals surface area contributed by atoms with Crippen molar-refractivity contribution in [2.75, 3.05) is 6.54 Å². The monoisotopic (exact) mass is 171 g/mol. The molecule has 1 atom stereocenters. The molecule has 1 heterocycles. The van der Waals surface area contributed by atoms with Crippen LogP contribution in [0.1, 0.15) is 12.5 Å². The highest BCUT2D eigenvalue weighted by Crippen LogP contribution is 2.15. The van der Waals surface area contributed by atoms with Crippen molar-refractivity contribution in [3.8, 4) is 0 Å². The quantitative estimate of drug-likeness (QED) is 0.725. The summed E-state index contributed by atoms with van der Waals surface area (Å²) in [7, 11) is 1.81. The van der Waals surface area contributed by atoms with Gasteiger partial charge in [-0.3, -0.25) is 4.68 Å². The molecule has 0 saturated carbocycles. The third-order valence-electron chi connectivity index (χ3n) is 1.76. The van der Waals surface area contributed by atoms with Crippen LogP contribution in [0, 0.1) is 0 Å². The predicted octanol–water partition coefficient (Wildman–Crippen LogP) is 0.650. The minimum Gasteiger partial charge on any atom is -0.328 e. The van der Waals surface area contributed by atoms with Crippen molar-refractivity contribution in [3.05, 3.63) is 18.0 Å². The molecule has 0 spiro atoms. The average molecular weight is 171 g/mol. The molecule has 2 N–H and O–H groups in total. The molecule has 0 aliphatic rings. The first kappa shape index (κ1) is 9.19. The van der Waals surface area contributed by atoms with E-state index < -0.39 is 5.67 Å². The molecule has 1 unspecified atom stereocenters. The first-order valence-electron chi connectivity index (χ1n) is 3.90. The summed E-state index contributed by atoms with van der Waals surface area (Å²) in [6.45, 7) is 1.54. The van der Waals surface area contributed by atoms with E-state index in [0.717, 1.165) is 5.56 Å². The molecule has 1 aromatic heterocycles. The van der Waals surface area contributed by atoms with Crippen molar-refractivity contribution in [2.24, 2.45) is 12.8 Å². The number of aryl methyl sites for hydroxylation is 1. The third kappa shape index (κ3) is 2.30. The Bertz CT molecular complexity index is 255. The molecule has 0 aromatic carbocycles. The third-order valence-corrected chi connectivity index (χ3v) is 1.76. The lowest BCUT2D eigenvalue weighted by Crippen LogP contribution is -2.31. The first-order valence-corrected chi connectivity index (χ1v) is 3.90. The average Bonchev–Trinajstić information content (AvgIpc) is 2.35. The van der Waals surface area contributed by atoms with Crippen molar-refractivity contribution >= 4 is 0 Å². The van der Waals surface area contributed by atoms with Crippen LogP contribution in [0.25, 0.3) is 0 Å². The van der Waals surface area contributed by atoms with E-state index in [4.69, 9.17) is 5.73 Å². The number of hydrogen-bond donors (Lipinski definition) is 1. The summed E-state index contributed by atoms with van der Waals surface area (Å²) in [4.78, 5) is 0. The van der Waals surface area contributed by atoms with Crippen LogP contribution < -0.4 is 5.73 Å². The van der Waals surface area contributed by atoms with Crippen molar-refractivity contribution in [1.29, 1.82) is 0 Å². The molecule has 68 valence electrons. The fraction of sp³-hybridized carbons (Fsp3) is 0.625. The van der Waals surface area contributed by atoms with Crippen LogP contribution in [0.15, 0.2) is 12.4 Å². The summed E-state index contributed by atoms with van der Waals surface area (Å²) >= 11 is 0. The van der Waals surface area contributed by atoms with Gasteiger partial charge < -0.3 is 5.73 Å². The van der Waals surface area contributed by atoms with Crippen LogP contribution in [0.4, 0.5) is 4.39 Å². The fourth-order valence-electron chi connectivity index (χ4n) is 1.06. The lowest BCUT2D eigenvalue weighted by molar-refractivity contribution is 0.200. The van der Waals surface area contributed by atoms with E-state index in [-0.39, 0.29) is 6.54 Å². The first-order chi connectivity index (χ1) is 5.53. The van der Waals surface area contributed by atoms with Gasteiger partial charge in [0.25, 0.3) is 0 Å². The second kappa shape index (κ2) is 3.23. The number of alkyl halides is 1. The topological polar surface area (TPSA) is 43.8 Å². The number of halogens is 1. The zero-order chi connectivity index (χ0) is 9.19. The molecular weight excluding hydrogens is 157 g/mol. The van der Waals surface area contributed by atoms with E-state index in [1.165, 1.54) is 6.92 Å². The van der Waals surface area contributed by atoms with Crippen LogP contribution in [-0.2, 0) is 13.5 Å². The minimum absolute atomic E-state index is 0.0435. The maximum atomic E-state index is 13.4. The Kier molecular flexibility index (Phi) is 2.47. The molecule has 0 saturated heterocycles. The Morgan fingerprint density at radius 3 is 2.83 bits per heavy atom. The van der Waals surface area contributed by atoms with Gasteiger partial charge in [-0.05, 0) is 12.5 Å². The summed E-state index contributed by atoms with van der Waals surface area (Å²) in [6.07, 6.45) is 3.79. The van der Waals surface area contributed by atoms with E-state index in [0.29, 0.717) is 6.42 Å². The molecule has 0 bridgehead atoms. The van der Waals surface area contributed by atoms with Crippen molar-refractivity contribution in [2.45, 2.75) is 19.0 Å². The molecule has 12 heavy (non-hydrogen) atoms. The summed E-state index contributed by atoms with van der Waals surface area (Å²) in [5.41, 5.74) is 4.82. The molecular formula is C8H14FN3. The summed E-state index contributed by atoms with van der Waals surface area (Å²) < 4.78 is 15.0. The lowest BCUT2D eigenvalue weighted by atomic mass is 10.0. The second-order valence-electron chi connectivity index (χ2n) is 3.32. The highest BCUT2D eigenvalue weighted by Gasteiger charge is 2.21. The molecule has 3 nitrogen and oxygen atoms in total. The van der Waals surface area contributed by atoms with Gasteiger partial charge in [-0.2, -0.15) is 5.10 Å². The predicted molar refractivity (Wildman–Crippen MR) is 45.5 cm³/mol. The molecule has 1 aromatic rings. The van der Waals surface area contributed by atoms with E-state index in [1.807, 2.05) is 7.05 Å². The fourth-order valence-corrected chi connectivity index (χ4v) is 1.06. The highest BCUT2D eigenvalue weighted by molar-refractivity contribution is 5.07. The van der Waals surface area contributed by atoms with Gasteiger partial charge >= 0.3 is 0 Å². The van der Waals surface area contributed by atoms with Crippen molar-refractivity contribution in [3.63, 3.8) is 0 Å². The smallest absolute Gasteiger partial charge is 0.124 e. The molecule has 0 aliphatic heterocycles. The number of nitrogens with zero attached hydrogens (tertiary/aromatic N) is 2. The van der Waals surface area contributed by atoms with Gasteiger partial charge in [-0.15, -0.1) is 0 Å². The van der Waals surface area contributed by atoms with Crippen LogP contribution >= 0.6 is 0 Å². The normalized spacial score (nSPS) is 16.0. The Labute approximate surface area is 71.4 Å². The van der Waals surface area contributed by atoms with Crippen LogP contribution in [0.2, 0.25) is 0 Å². The van der Waals surface area contributed by atoms with Gasteiger partial charge in [0.05, 0.1) is 6.20 Å². The van der Waals surface area contributed by atoms with Gasteiger partial charge in [-0.1, -0.05) is 0 Å². The Morgan fingerprint density at radius 2 is 2.42 bits per heavy atom. The Balaban J connectivity index is 2.63. The van der Waals surface area contributed by atoms with Gasteiger partial charge in [0, 0.05) is 26.2 Å². The van der Waals surface area contributed by atoms with Crippen LogP contribution in [-0.4, -0.2) is 22.0 Å². The summed E-state index contributed by atoms with van der Waals surface area (Å²) in [6, 6.07) is 0. The van der Waals surface area contributed by atoms with Crippen LogP contribution in [0.5, 0.6) is 0 Å². The number of rotatable bonds is 3. The Morgan fingerprint density at radius 1 is 1.75 bits per heavy atom. The highest BCUT2D eigenvalue weighted by atomic mass is 19.1. The van der Waals surface area contributed by atoms with Gasteiger partial charge in [0.2, 0.25) is 0 Å². The van der Waals surface area contributed by atoms with E-state index in [2.05, 4.69) is 5.10 Å². The maximum absolute atomic E-state index is 13.4. The largest absolute Gasteiger partial charge is 0.328 e. The molecule has 0 fully saturated rings. The lowest BCUT2D eigenvalue weighted by Gasteiger charge is -2.15. The van der Waals surface area contributed by atoms with E-state index in [9.17, 15) is 4.39 Å². The molecule has 4 heteroatoms. The SMILES string of the molecule is Cn1cc(CC(C)(F)CN)cn1. The van der Waals surface area contributed by atoms with Crippen molar-refractivity contribution in [1.82, 2.24) is 9.78 Å². The minimum atomic E-state index is -1.32. The van der Waals surface area contributed by atoms with Gasteiger partial charge in [-0.25, -0.2) is 4.39 Å². The molecule has 0 aliphatic carbocycles. The summed E-state index contributed by atoms with van der Waals surface area (Å²) in [5, 5.41) is 3.94. The molecule has 1 rings (SSSR count). The zero-order valence-corrected chi connectivity index (χ0v) is 7.42. The standard InChI is InChI=1S/C8H14FN3/c1-8(9,6-10)3-7-4-11-12(2)5-7/h4-5H,3,6,10H2,1-2H3. The second-order valence-corrected chi connectivity index (χ2v) is 3.32. The maximum Gasteiger partial charge on any atom is 0.124 e. The van der Waals surface area contributed by atoms with Crippen molar-refractivity contribution < 1.29 is 4.39 Å².